The summed E-state index contributed by atoms with van der Waals surface area (Å²) in [5.74, 6) is -0.513. The molecule has 0 spiro atoms. The Morgan fingerprint density at radius 2 is 1.46 bits per heavy atom. The van der Waals surface area contributed by atoms with E-state index in [1.807, 2.05) is 24.3 Å². The zero-order chi connectivity index (χ0) is 21.4. The van der Waals surface area contributed by atoms with Crippen molar-refractivity contribution >= 4 is 12.1 Å². The molecule has 0 saturated heterocycles. The number of hydrogen-bond acceptors (Lipinski definition) is 6. The molecule has 0 fully saturated rings. The maximum Gasteiger partial charge on any atom is 0.408 e. The Hall–Kier alpha value is -2.12. The number of rotatable bonds is 8. The maximum atomic E-state index is 12.5. The van der Waals surface area contributed by atoms with Gasteiger partial charge in [0.1, 0.15) is 17.2 Å². The Morgan fingerprint density at radius 3 is 1.96 bits per heavy atom. The van der Waals surface area contributed by atoms with E-state index in [1.54, 1.807) is 48.7 Å². The fourth-order valence-corrected chi connectivity index (χ4v) is 2.30. The highest BCUT2D eigenvalue weighted by atomic mass is 16.6. The van der Waals surface area contributed by atoms with Crippen LogP contribution in [0, 0.1) is 0 Å². The molecular formula is C21H34N2O5. The molecule has 1 aromatic carbocycles. The van der Waals surface area contributed by atoms with Gasteiger partial charge in [-0.05, 0) is 52.7 Å². The summed E-state index contributed by atoms with van der Waals surface area (Å²) in [6.45, 7) is 12.0. The third-order valence-electron chi connectivity index (χ3n) is 3.39. The Kier molecular flexibility index (Phi) is 8.91. The van der Waals surface area contributed by atoms with Gasteiger partial charge in [0.15, 0.2) is 0 Å². The van der Waals surface area contributed by atoms with Crippen molar-refractivity contribution < 1.29 is 23.8 Å². The van der Waals surface area contributed by atoms with Crippen molar-refractivity contribution in [2.75, 3.05) is 13.7 Å². The van der Waals surface area contributed by atoms with Crippen LogP contribution in [0.25, 0.3) is 0 Å². The Morgan fingerprint density at radius 1 is 0.929 bits per heavy atom. The molecule has 1 amide bonds. The average molecular weight is 395 g/mol. The van der Waals surface area contributed by atoms with Gasteiger partial charge in [0.05, 0.1) is 6.61 Å². The summed E-state index contributed by atoms with van der Waals surface area (Å²) >= 11 is 0. The van der Waals surface area contributed by atoms with Crippen molar-refractivity contribution in [3.8, 4) is 0 Å². The summed E-state index contributed by atoms with van der Waals surface area (Å²) < 4.78 is 15.8. The number of amides is 1. The molecule has 1 rings (SSSR count). The van der Waals surface area contributed by atoms with Crippen molar-refractivity contribution in [3.63, 3.8) is 0 Å². The van der Waals surface area contributed by atoms with E-state index in [0.29, 0.717) is 13.2 Å². The van der Waals surface area contributed by atoms with Gasteiger partial charge in [0.25, 0.3) is 0 Å². The Balaban J connectivity index is 2.67. The molecule has 158 valence electrons. The van der Waals surface area contributed by atoms with Crippen LogP contribution in [0.4, 0.5) is 4.79 Å². The molecule has 28 heavy (non-hydrogen) atoms. The van der Waals surface area contributed by atoms with Crippen LogP contribution in [-0.2, 0) is 32.2 Å². The minimum absolute atomic E-state index is 0.216. The third kappa shape index (κ3) is 10.3. The first kappa shape index (κ1) is 23.9. The standard InChI is InChI=1S/C21H34N2O5/c1-20(2,3)27-18(24)17(23-19(25)28-21(4,5)6)13-22-12-15-8-10-16(11-9-15)14-26-7/h8-11,17,22H,12-14H2,1-7H3,(H,23,25). The molecule has 0 aliphatic carbocycles. The number of esters is 1. The van der Waals surface area contributed by atoms with E-state index >= 15 is 0 Å². The first-order chi connectivity index (χ1) is 12.9. The lowest BCUT2D eigenvalue weighted by atomic mass is 10.1. The highest BCUT2D eigenvalue weighted by Gasteiger charge is 2.28. The second-order valence-corrected chi connectivity index (χ2v) is 8.61. The predicted molar refractivity (Wildman–Crippen MR) is 108 cm³/mol. The molecule has 0 saturated carbocycles. The van der Waals surface area contributed by atoms with Gasteiger partial charge in [0.2, 0.25) is 0 Å². The topological polar surface area (TPSA) is 85.9 Å². The van der Waals surface area contributed by atoms with Crippen molar-refractivity contribution in [2.24, 2.45) is 0 Å². The van der Waals surface area contributed by atoms with Crippen LogP contribution in [0.2, 0.25) is 0 Å². The summed E-state index contributed by atoms with van der Waals surface area (Å²) in [6, 6.07) is 7.10. The molecule has 1 unspecified atom stereocenters. The molecule has 0 radical (unpaired) electrons. The van der Waals surface area contributed by atoms with E-state index in [9.17, 15) is 9.59 Å². The molecule has 1 atom stereocenters. The first-order valence-electron chi connectivity index (χ1n) is 9.39. The summed E-state index contributed by atoms with van der Waals surface area (Å²) in [5.41, 5.74) is 0.840. The van der Waals surface area contributed by atoms with Gasteiger partial charge in [-0.15, -0.1) is 0 Å². The van der Waals surface area contributed by atoms with E-state index in [1.165, 1.54) is 0 Å². The molecule has 0 heterocycles. The molecule has 2 N–H and O–H groups in total. The van der Waals surface area contributed by atoms with Gasteiger partial charge in [0, 0.05) is 20.2 Å². The third-order valence-corrected chi connectivity index (χ3v) is 3.39. The number of hydrogen-bond donors (Lipinski definition) is 2. The summed E-state index contributed by atoms with van der Waals surface area (Å²) in [5, 5.41) is 5.78. The molecule has 0 aromatic heterocycles. The van der Waals surface area contributed by atoms with Gasteiger partial charge in [-0.2, -0.15) is 0 Å². The maximum absolute atomic E-state index is 12.5. The highest BCUT2D eigenvalue weighted by molar-refractivity contribution is 5.82. The number of carbonyl (C=O) groups excluding carboxylic acids is 2. The van der Waals surface area contributed by atoms with E-state index in [2.05, 4.69) is 10.6 Å². The molecule has 7 heteroatoms. The average Bonchev–Trinajstić information content (AvgIpc) is 2.52. The fourth-order valence-electron chi connectivity index (χ4n) is 2.30. The van der Waals surface area contributed by atoms with Crippen molar-refractivity contribution in [1.82, 2.24) is 10.6 Å². The van der Waals surface area contributed by atoms with Crippen LogP contribution < -0.4 is 10.6 Å². The van der Waals surface area contributed by atoms with E-state index in [-0.39, 0.29) is 6.54 Å². The molecule has 0 bridgehead atoms. The Labute approximate surface area is 168 Å². The van der Waals surface area contributed by atoms with Gasteiger partial charge < -0.3 is 24.8 Å². The summed E-state index contributed by atoms with van der Waals surface area (Å²) in [6.07, 6.45) is -0.658. The van der Waals surface area contributed by atoms with E-state index < -0.39 is 29.3 Å². The lowest BCUT2D eigenvalue weighted by Crippen LogP contribution is -2.50. The first-order valence-corrected chi connectivity index (χ1v) is 9.39. The van der Waals surface area contributed by atoms with Crippen LogP contribution in [0.1, 0.15) is 52.7 Å². The zero-order valence-corrected chi connectivity index (χ0v) is 18.0. The summed E-state index contributed by atoms with van der Waals surface area (Å²) in [7, 11) is 1.66. The smallest absolute Gasteiger partial charge is 0.408 e. The number of methoxy groups -OCH3 is 1. The molecule has 0 aliphatic rings. The minimum Gasteiger partial charge on any atom is -0.458 e. The second-order valence-electron chi connectivity index (χ2n) is 8.61. The second kappa shape index (κ2) is 10.4. The van der Waals surface area contributed by atoms with Gasteiger partial charge in [-0.3, -0.25) is 0 Å². The highest BCUT2D eigenvalue weighted by Crippen LogP contribution is 2.11. The number of benzene rings is 1. The van der Waals surface area contributed by atoms with Crippen LogP contribution in [0.15, 0.2) is 24.3 Å². The molecule has 0 aliphatic heterocycles. The normalized spacial score (nSPS) is 13.0. The fraction of sp³-hybridized carbons (Fsp3) is 0.619. The zero-order valence-electron chi connectivity index (χ0n) is 18.0. The minimum atomic E-state index is -0.859. The molecule has 1 aromatic rings. The molecular weight excluding hydrogens is 360 g/mol. The number of ether oxygens (including phenoxy) is 3. The number of nitrogens with one attached hydrogen (secondary N) is 2. The van der Waals surface area contributed by atoms with E-state index in [0.717, 1.165) is 11.1 Å². The van der Waals surface area contributed by atoms with Crippen molar-refractivity contribution in [3.05, 3.63) is 35.4 Å². The molecule has 7 nitrogen and oxygen atoms in total. The predicted octanol–water partition coefficient (Wildman–Crippen LogP) is 3.16. The quantitative estimate of drug-likeness (QED) is 0.659. The van der Waals surface area contributed by atoms with Gasteiger partial charge >= 0.3 is 12.1 Å². The monoisotopic (exact) mass is 394 g/mol. The van der Waals surface area contributed by atoms with Gasteiger partial charge in [-0.1, -0.05) is 24.3 Å². The largest absolute Gasteiger partial charge is 0.458 e. The van der Waals surface area contributed by atoms with Crippen molar-refractivity contribution in [1.29, 1.82) is 0 Å². The lowest BCUT2D eigenvalue weighted by Gasteiger charge is -2.26. The number of carbonyl (C=O) groups is 2. The van der Waals surface area contributed by atoms with Crippen LogP contribution >= 0.6 is 0 Å². The van der Waals surface area contributed by atoms with Crippen molar-refractivity contribution in [2.45, 2.75) is 71.9 Å². The van der Waals surface area contributed by atoms with Crippen LogP contribution in [-0.4, -0.2) is 43.0 Å². The van der Waals surface area contributed by atoms with Crippen LogP contribution in [0.5, 0.6) is 0 Å². The van der Waals surface area contributed by atoms with E-state index in [4.69, 9.17) is 14.2 Å². The van der Waals surface area contributed by atoms with Gasteiger partial charge in [-0.25, -0.2) is 9.59 Å². The SMILES string of the molecule is COCc1ccc(CNCC(NC(=O)OC(C)(C)C)C(=O)OC(C)(C)C)cc1. The number of alkyl carbamates (subject to hydrolysis) is 1. The Bertz CT molecular complexity index is 630. The van der Waals surface area contributed by atoms with Crippen LogP contribution in [0.3, 0.4) is 0 Å². The summed E-state index contributed by atoms with van der Waals surface area (Å²) in [4.78, 5) is 24.6. The lowest BCUT2D eigenvalue weighted by molar-refractivity contribution is -0.157.